The van der Waals surface area contributed by atoms with Crippen LogP contribution >= 0.6 is 0 Å². The molecule has 1 aromatic carbocycles. The van der Waals surface area contributed by atoms with Gasteiger partial charge >= 0.3 is 6.09 Å². The average molecular weight is 342 g/mol. The van der Waals surface area contributed by atoms with Gasteiger partial charge in [-0.25, -0.2) is 9.48 Å². The van der Waals surface area contributed by atoms with Crippen molar-refractivity contribution in [1.29, 1.82) is 0 Å². The maximum Gasteiger partial charge on any atom is 0.414 e. The van der Waals surface area contributed by atoms with E-state index in [0.29, 0.717) is 30.0 Å². The van der Waals surface area contributed by atoms with E-state index in [1.807, 2.05) is 12.1 Å². The number of hydrogen-bond acceptors (Lipinski definition) is 7. The van der Waals surface area contributed by atoms with Crippen molar-refractivity contribution in [1.82, 2.24) is 30.0 Å². The van der Waals surface area contributed by atoms with Crippen LogP contribution in [0.25, 0.3) is 10.9 Å². The van der Waals surface area contributed by atoms with E-state index in [2.05, 4.69) is 25.9 Å². The molecule has 1 aliphatic heterocycles. The Hall–Kier alpha value is -3.50. The molecule has 1 fully saturated rings. The highest BCUT2D eigenvalue weighted by Gasteiger charge is 2.27. The lowest BCUT2D eigenvalue weighted by Crippen LogP contribution is -2.24. The fourth-order valence-electron chi connectivity index (χ4n) is 2.79. The number of cyclic esters (lactones) is 1. The summed E-state index contributed by atoms with van der Waals surface area (Å²) >= 11 is 0. The predicted octanol–water partition coefficient (Wildman–Crippen LogP) is 0.155. The fraction of sp³-hybridized carbons (Fsp3) is 0.286. The summed E-state index contributed by atoms with van der Waals surface area (Å²) in [6, 6.07) is 5.50. The topological polar surface area (TPSA) is 120 Å². The van der Waals surface area contributed by atoms with Crippen LogP contribution in [0.15, 0.2) is 24.5 Å². The molecule has 25 heavy (non-hydrogen) atoms. The molecule has 2 aromatic heterocycles. The number of hydrogen-bond donors (Lipinski definition) is 1. The molecule has 0 saturated carbocycles. The number of fused-ring (bicyclic) bond motifs is 1. The highest BCUT2D eigenvalue weighted by atomic mass is 16.6. The lowest BCUT2D eigenvalue weighted by atomic mass is 10.2. The van der Waals surface area contributed by atoms with Gasteiger partial charge in [-0.3, -0.25) is 14.4 Å². The zero-order valence-corrected chi connectivity index (χ0v) is 13.3. The van der Waals surface area contributed by atoms with Crippen LogP contribution in [0.2, 0.25) is 0 Å². The van der Waals surface area contributed by atoms with Gasteiger partial charge in [0.25, 0.3) is 0 Å². The predicted molar refractivity (Wildman–Crippen MR) is 85.9 cm³/mol. The van der Waals surface area contributed by atoms with Gasteiger partial charge in [0.1, 0.15) is 19.5 Å². The number of aromatic nitrogens is 6. The number of ether oxygens (including phenoxy) is 1. The van der Waals surface area contributed by atoms with Gasteiger partial charge in [-0.2, -0.15) is 5.10 Å². The minimum Gasteiger partial charge on any atom is -0.447 e. The normalized spacial score (nSPS) is 14.1. The molecule has 1 saturated heterocycles. The number of nitrogens with one attached hydrogen (secondary N) is 1. The molecule has 128 valence electrons. The molecule has 0 radical (unpaired) electrons. The average Bonchev–Trinajstić information content (AvgIpc) is 3.30. The summed E-state index contributed by atoms with van der Waals surface area (Å²) in [6.07, 6.45) is 0.934. The Balaban J connectivity index is 1.71. The SMILES string of the molecule is Cn1nc(NC(=O)Cn2cnnn2)c2c(N3CCOC3=O)cccc21. The first kappa shape index (κ1) is 15.1. The van der Waals surface area contributed by atoms with E-state index in [4.69, 9.17) is 4.74 Å². The number of carbonyl (C=O) groups excluding carboxylic acids is 2. The smallest absolute Gasteiger partial charge is 0.414 e. The third-order valence-corrected chi connectivity index (χ3v) is 3.86. The molecule has 4 rings (SSSR count). The minimum absolute atomic E-state index is 0.0427. The number of tetrazole rings is 1. The maximum atomic E-state index is 12.2. The van der Waals surface area contributed by atoms with Crippen molar-refractivity contribution < 1.29 is 14.3 Å². The van der Waals surface area contributed by atoms with E-state index in [0.717, 1.165) is 5.52 Å². The van der Waals surface area contributed by atoms with E-state index in [-0.39, 0.29) is 12.5 Å². The first-order valence-corrected chi connectivity index (χ1v) is 7.54. The minimum atomic E-state index is -0.415. The Morgan fingerprint density at radius 1 is 1.40 bits per heavy atom. The van der Waals surface area contributed by atoms with Crippen molar-refractivity contribution in [2.45, 2.75) is 6.54 Å². The summed E-state index contributed by atoms with van der Waals surface area (Å²) in [4.78, 5) is 25.7. The fourth-order valence-corrected chi connectivity index (χ4v) is 2.79. The van der Waals surface area contributed by atoms with E-state index in [1.54, 1.807) is 17.8 Å². The Morgan fingerprint density at radius 3 is 3.00 bits per heavy atom. The van der Waals surface area contributed by atoms with Crippen LogP contribution < -0.4 is 10.2 Å². The molecule has 0 unspecified atom stereocenters. The molecule has 2 amide bonds. The van der Waals surface area contributed by atoms with Gasteiger partial charge in [0.05, 0.1) is 23.1 Å². The van der Waals surface area contributed by atoms with Gasteiger partial charge in [-0.1, -0.05) is 6.07 Å². The number of anilines is 2. The van der Waals surface area contributed by atoms with Crippen LogP contribution in [-0.4, -0.2) is 55.1 Å². The molecule has 1 N–H and O–H groups in total. The number of amides is 2. The number of carbonyl (C=O) groups is 2. The molecular weight excluding hydrogens is 328 g/mol. The van der Waals surface area contributed by atoms with Crippen molar-refractivity contribution in [2.24, 2.45) is 7.05 Å². The summed E-state index contributed by atoms with van der Waals surface area (Å²) in [5.74, 6) is 0.0389. The lowest BCUT2D eigenvalue weighted by molar-refractivity contribution is -0.116. The third kappa shape index (κ3) is 2.65. The third-order valence-electron chi connectivity index (χ3n) is 3.86. The Morgan fingerprint density at radius 2 is 2.28 bits per heavy atom. The standard InChI is InChI=1S/C14H14N8O3/c1-20-9-3-2-4-10(22-5-6-25-14(22)24)12(9)13(17-20)16-11(23)7-21-8-15-18-19-21/h2-4,8H,5-7H2,1H3,(H,16,17,23). The van der Waals surface area contributed by atoms with Crippen molar-refractivity contribution in [3.63, 3.8) is 0 Å². The Labute approximate surface area is 141 Å². The van der Waals surface area contributed by atoms with Gasteiger partial charge in [-0.15, -0.1) is 5.10 Å². The molecule has 3 aromatic rings. The van der Waals surface area contributed by atoms with Crippen molar-refractivity contribution in [2.75, 3.05) is 23.4 Å². The maximum absolute atomic E-state index is 12.2. The van der Waals surface area contributed by atoms with E-state index in [1.165, 1.54) is 15.9 Å². The van der Waals surface area contributed by atoms with E-state index >= 15 is 0 Å². The summed E-state index contributed by atoms with van der Waals surface area (Å²) in [6.45, 7) is 0.736. The molecule has 0 atom stereocenters. The summed E-state index contributed by atoms with van der Waals surface area (Å²) in [7, 11) is 1.77. The molecule has 3 heterocycles. The highest BCUT2D eigenvalue weighted by Crippen LogP contribution is 2.33. The zero-order valence-electron chi connectivity index (χ0n) is 13.3. The van der Waals surface area contributed by atoms with Crippen molar-refractivity contribution in [3.8, 4) is 0 Å². The molecule has 1 aliphatic rings. The van der Waals surface area contributed by atoms with Crippen LogP contribution in [0.4, 0.5) is 16.3 Å². The number of aryl methyl sites for hydroxylation is 1. The summed E-state index contributed by atoms with van der Waals surface area (Å²) in [5, 5.41) is 18.4. The largest absolute Gasteiger partial charge is 0.447 e. The van der Waals surface area contributed by atoms with E-state index < -0.39 is 6.09 Å². The van der Waals surface area contributed by atoms with Gasteiger partial charge < -0.3 is 10.1 Å². The highest BCUT2D eigenvalue weighted by molar-refractivity contribution is 6.09. The summed E-state index contributed by atoms with van der Waals surface area (Å²) in [5.41, 5.74) is 1.43. The first-order chi connectivity index (χ1) is 12.1. The Kier molecular flexibility index (Phi) is 3.52. The molecule has 0 spiro atoms. The van der Waals surface area contributed by atoms with Gasteiger partial charge in [0.15, 0.2) is 5.82 Å². The number of benzene rings is 1. The second-order valence-electron chi connectivity index (χ2n) is 5.47. The van der Waals surface area contributed by atoms with Crippen LogP contribution in [-0.2, 0) is 23.1 Å². The number of nitrogens with zero attached hydrogens (tertiary/aromatic N) is 7. The van der Waals surface area contributed by atoms with Gasteiger partial charge in [0, 0.05) is 7.05 Å². The molecule has 0 bridgehead atoms. The van der Waals surface area contributed by atoms with Crippen molar-refractivity contribution >= 4 is 34.4 Å². The molecule has 11 heteroatoms. The van der Waals surface area contributed by atoms with Gasteiger partial charge in [-0.05, 0) is 22.6 Å². The molecular formula is C14H14N8O3. The molecule has 11 nitrogen and oxygen atoms in total. The monoisotopic (exact) mass is 342 g/mol. The second-order valence-corrected chi connectivity index (χ2v) is 5.47. The number of rotatable bonds is 4. The van der Waals surface area contributed by atoms with Crippen LogP contribution in [0.1, 0.15) is 0 Å². The zero-order chi connectivity index (χ0) is 17.4. The van der Waals surface area contributed by atoms with Crippen LogP contribution in [0, 0.1) is 0 Å². The quantitative estimate of drug-likeness (QED) is 0.717. The van der Waals surface area contributed by atoms with Crippen LogP contribution in [0.5, 0.6) is 0 Å². The van der Waals surface area contributed by atoms with Crippen LogP contribution in [0.3, 0.4) is 0 Å². The Bertz CT molecular complexity index is 949. The second kappa shape index (κ2) is 5.85. The first-order valence-electron chi connectivity index (χ1n) is 7.54. The lowest BCUT2D eigenvalue weighted by Gasteiger charge is -2.14. The van der Waals surface area contributed by atoms with E-state index in [9.17, 15) is 9.59 Å². The molecule has 0 aliphatic carbocycles. The summed E-state index contributed by atoms with van der Waals surface area (Å²) < 4.78 is 7.96. The van der Waals surface area contributed by atoms with Gasteiger partial charge in [0.2, 0.25) is 5.91 Å². The van der Waals surface area contributed by atoms with Crippen molar-refractivity contribution in [3.05, 3.63) is 24.5 Å².